The van der Waals surface area contributed by atoms with Crippen LogP contribution in [-0.4, -0.2) is 10.9 Å². The normalized spacial score (nSPS) is 10.6. The third kappa shape index (κ3) is 3.82. The number of anilines is 1. The Kier molecular flexibility index (Phi) is 4.96. The van der Waals surface area contributed by atoms with E-state index < -0.39 is 0 Å². The van der Waals surface area contributed by atoms with Gasteiger partial charge in [0.1, 0.15) is 0 Å². The molecule has 0 bridgehead atoms. The summed E-state index contributed by atoms with van der Waals surface area (Å²) in [5.74, 6) is 0.783. The Balaban J connectivity index is 1.63. The Bertz CT molecular complexity index is 1120. The van der Waals surface area contributed by atoms with E-state index in [-0.39, 0.29) is 5.91 Å². The van der Waals surface area contributed by atoms with Crippen molar-refractivity contribution in [1.82, 2.24) is 4.98 Å². The zero-order valence-corrected chi connectivity index (χ0v) is 15.9. The molecule has 0 unspecified atom stereocenters. The van der Waals surface area contributed by atoms with Crippen LogP contribution in [0.2, 0.25) is 5.02 Å². The van der Waals surface area contributed by atoms with Gasteiger partial charge in [0.05, 0.1) is 11.8 Å². The number of rotatable bonds is 4. The molecular formula is C23H17ClN2O2. The molecule has 0 fully saturated rings. The summed E-state index contributed by atoms with van der Waals surface area (Å²) in [6, 6.07) is 22.2. The lowest BCUT2D eigenvalue weighted by Crippen LogP contribution is -2.13. The van der Waals surface area contributed by atoms with E-state index in [1.54, 1.807) is 24.4 Å². The van der Waals surface area contributed by atoms with Gasteiger partial charge in [0.25, 0.3) is 5.91 Å². The summed E-state index contributed by atoms with van der Waals surface area (Å²) in [5.41, 5.74) is 3.86. The van der Waals surface area contributed by atoms with Crippen LogP contribution < -0.4 is 5.32 Å². The molecule has 1 amide bonds. The smallest absolute Gasteiger partial charge is 0.256 e. The molecule has 5 heteroatoms. The third-order valence-electron chi connectivity index (χ3n) is 4.35. The number of oxazole rings is 1. The topological polar surface area (TPSA) is 55.1 Å². The van der Waals surface area contributed by atoms with Crippen LogP contribution in [0.15, 0.2) is 83.4 Å². The zero-order chi connectivity index (χ0) is 19.5. The monoisotopic (exact) mass is 388 g/mol. The lowest BCUT2D eigenvalue weighted by atomic mass is 10.1. The quantitative estimate of drug-likeness (QED) is 0.451. The van der Waals surface area contributed by atoms with Crippen LogP contribution in [0.3, 0.4) is 0 Å². The maximum Gasteiger partial charge on any atom is 0.256 e. The Morgan fingerprint density at radius 2 is 1.68 bits per heavy atom. The minimum Gasteiger partial charge on any atom is -0.436 e. The van der Waals surface area contributed by atoms with Gasteiger partial charge >= 0.3 is 0 Å². The number of aromatic nitrogens is 1. The van der Waals surface area contributed by atoms with Gasteiger partial charge in [-0.05, 0) is 55.5 Å². The van der Waals surface area contributed by atoms with E-state index in [4.69, 9.17) is 16.0 Å². The molecule has 0 radical (unpaired) electrons. The summed E-state index contributed by atoms with van der Waals surface area (Å²) >= 11 is 5.94. The summed E-state index contributed by atoms with van der Waals surface area (Å²) in [6.45, 7) is 2.00. The Hall–Kier alpha value is -3.37. The van der Waals surface area contributed by atoms with E-state index >= 15 is 0 Å². The van der Waals surface area contributed by atoms with Crippen molar-refractivity contribution in [3.63, 3.8) is 0 Å². The fourth-order valence-corrected chi connectivity index (χ4v) is 2.98. The SMILES string of the molecule is Cc1ccc(NC(=O)c2ccccc2-c2ncc(-c3ccc(Cl)cc3)o2)cc1. The van der Waals surface area contributed by atoms with Gasteiger partial charge in [0.2, 0.25) is 5.89 Å². The van der Waals surface area contributed by atoms with Crippen molar-refractivity contribution in [3.8, 4) is 22.8 Å². The van der Waals surface area contributed by atoms with Gasteiger partial charge in [-0.2, -0.15) is 0 Å². The van der Waals surface area contributed by atoms with Gasteiger partial charge in [0.15, 0.2) is 5.76 Å². The molecule has 0 atom stereocenters. The third-order valence-corrected chi connectivity index (χ3v) is 4.60. The molecule has 1 N–H and O–H groups in total. The average molecular weight is 389 g/mol. The van der Waals surface area contributed by atoms with Crippen molar-refractivity contribution >= 4 is 23.2 Å². The van der Waals surface area contributed by atoms with Crippen LogP contribution in [-0.2, 0) is 0 Å². The first-order valence-electron chi connectivity index (χ1n) is 8.79. The van der Waals surface area contributed by atoms with E-state index in [1.807, 2.05) is 61.5 Å². The van der Waals surface area contributed by atoms with E-state index in [1.165, 1.54) is 0 Å². The summed E-state index contributed by atoms with van der Waals surface area (Å²) in [7, 11) is 0. The average Bonchev–Trinajstić information content (AvgIpc) is 3.20. The van der Waals surface area contributed by atoms with Crippen molar-refractivity contribution in [2.45, 2.75) is 6.92 Å². The van der Waals surface area contributed by atoms with Crippen molar-refractivity contribution < 1.29 is 9.21 Å². The number of halogens is 1. The molecule has 4 rings (SSSR count). The fourth-order valence-electron chi connectivity index (χ4n) is 2.85. The molecule has 1 heterocycles. The Labute approximate surface area is 167 Å². The second-order valence-corrected chi connectivity index (χ2v) is 6.84. The number of carbonyl (C=O) groups excluding carboxylic acids is 1. The number of amides is 1. The molecule has 28 heavy (non-hydrogen) atoms. The number of carbonyl (C=O) groups is 1. The van der Waals surface area contributed by atoms with Crippen LogP contribution in [0.4, 0.5) is 5.69 Å². The lowest BCUT2D eigenvalue weighted by molar-refractivity contribution is 0.102. The molecule has 0 aliphatic carbocycles. The molecule has 138 valence electrons. The highest BCUT2D eigenvalue weighted by Crippen LogP contribution is 2.29. The fraction of sp³-hybridized carbons (Fsp3) is 0.0435. The van der Waals surface area contributed by atoms with Gasteiger partial charge in [-0.25, -0.2) is 4.98 Å². The van der Waals surface area contributed by atoms with Gasteiger partial charge in [0, 0.05) is 21.8 Å². The highest BCUT2D eigenvalue weighted by molar-refractivity contribution is 6.30. The van der Waals surface area contributed by atoms with Crippen LogP contribution in [0.1, 0.15) is 15.9 Å². The second-order valence-electron chi connectivity index (χ2n) is 6.40. The van der Waals surface area contributed by atoms with Gasteiger partial charge in [-0.3, -0.25) is 4.79 Å². The predicted octanol–water partition coefficient (Wildman–Crippen LogP) is 6.22. The van der Waals surface area contributed by atoms with Crippen LogP contribution >= 0.6 is 11.6 Å². The van der Waals surface area contributed by atoms with E-state index in [0.717, 1.165) is 16.8 Å². The molecular weight excluding hydrogens is 372 g/mol. The van der Waals surface area contributed by atoms with Crippen molar-refractivity contribution in [3.05, 3.63) is 95.1 Å². The number of hydrogen-bond acceptors (Lipinski definition) is 3. The second kappa shape index (κ2) is 7.71. The van der Waals surface area contributed by atoms with Gasteiger partial charge in [-0.15, -0.1) is 0 Å². The summed E-state index contributed by atoms with van der Waals surface area (Å²) in [5, 5.41) is 3.57. The van der Waals surface area contributed by atoms with Crippen molar-refractivity contribution in [1.29, 1.82) is 0 Å². The molecule has 0 spiro atoms. The van der Waals surface area contributed by atoms with Crippen molar-refractivity contribution in [2.24, 2.45) is 0 Å². The highest BCUT2D eigenvalue weighted by Gasteiger charge is 2.17. The molecule has 0 aliphatic rings. The maximum atomic E-state index is 12.8. The van der Waals surface area contributed by atoms with Gasteiger partial charge < -0.3 is 9.73 Å². The molecule has 4 nitrogen and oxygen atoms in total. The van der Waals surface area contributed by atoms with Crippen LogP contribution in [0.5, 0.6) is 0 Å². The first-order valence-corrected chi connectivity index (χ1v) is 9.17. The Morgan fingerprint density at radius 1 is 0.964 bits per heavy atom. The Morgan fingerprint density at radius 3 is 2.43 bits per heavy atom. The van der Waals surface area contributed by atoms with E-state index in [2.05, 4.69) is 10.3 Å². The zero-order valence-electron chi connectivity index (χ0n) is 15.1. The molecule has 1 aromatic heterocycles. The molecule has 0 aliphatic heterocycles. The summed E-state index contributed by atoms with van der Waals surface area (Å²) < 4.78 is 5.92. The first kappa shape index (κ1) is 18.0. The number of hydrogen-bond donors (Lipinski definition) is 1. The van der Waals surface area contributed by atoms with E-state index in [0.29, 0.717) is 27.8 Å². The summed E-state index contributed by atoms with van der Waals surface area (Å²) in [4.78, 5) is 17.2. The molecule has 3 aromatic carbocycles. The standard InChI is InChI=1S/C23H17ClN2O2/c1-15-6-12-18(13-7-15)26-22(27)19-4-2-3-5-20(19)23-25-14-21(28-23)16-8-10-17(24)11-9-16/h2-14H,1H3,(H,26,27). The molecule has 4 aromatic rings. The number of nitrogens with zero attached hydrogens (tertiary/aromatic N) is 1. The van der Waals surface area contributed by atoms with E-state index in [9.17, 15) is 4.79 Å². The largest absolute Gasteiger partial charge is 0.436 e. The minimum atomic E-state index is -0.217. The molecule has 0 saturated carbocycles. The maximum absolute atomic E-state index is 12.8. The van der Waals surface area contributed by atoms with Crippen LogP contribution in [0, 0.1) is 6.92 Å². The predicted molar refractivity (Wildman–Crippen MR) is 112 cm³/mol. The summed E-state index contributed by atoms with van der Waals surface area (Å²) in [6.07, 6.45) is 1.65. The van der Waals surface area contributed by atoms with Crippen LogP contribution in [0.25, 0.3) is 22.8 Å². The lowest BCUT2D eigenvalue weighted by Gasteiger charge is -2.08. The molecule has 0 saturated heterocycles. The number of aryl methyl sites for hydroxylation is 1. The number of benzene rings is 3. The van der Waals surface area contributed by atoms with Gasteiger partial charge in [-0.1, -0.05) is 41.4 Å². The first-order chi connectivity index (χ1) is 13.6. The minimum absolute atomic E-state index is 0.217. The number of nitrogens with one attached hydrogen (secondary N) is 1. The highest BCUT2D eigenvalue weighted by atomic mass is 35.5. The van der Waals surface area contributed by atoms with Crippen molar-refractivity contribution in [2.75, 3.05) is 5.32 Å².